The molecule has 0 aliphatic carbocycles. The second-order valence-corrected chi connectivity index (χ2v) is 5.00. The van der Waals surface area contributed by atoms with Crippen LogP contribution in [0, 0.1) is 0 Å². The molecule has 0 unspecified atom stereocenters. The van der Waals surface area contributed by atoms with E-state index < -0.39 is 0 Å². The van der Waals surface area contributed by atoms with Gasteiger partial charge in [0.15, 0.2) is 0 Å². The Labute approximate surface area is 120 Å². The number of imidazole rings is 1. The molecule has 3 rings (SSSR count). The number of nitrogens with zero attached hydrogens (tertiary/aromatic N) is 4. The van der Waals surface area contributed by atoms with Gasteiger partial charge in [0, 0.05) is 12.6 Å². The van der Waals surface area contributed by atoms with Gasteiger partial charge in [0.2, 0.25) is 4.96 Å². The molecule has 0 aromatic carbocycles. The van der Waals surface area contributed by atoms with Crippen LogP contribution in [0.2, 0.25) is 0 Å². The van der Waals surface area contributed by atoms with E-state index in [0.29, 0.717) is 6.54 Å². The number of nitrogens with two attached hydrogens (primary N) is 1. The molecule has 0 saturated heterocycles. The van der Waals surface area contributed by atoms with Crippen LogP contribution in [0.5, 0.6) is 0 Å². The van der Waals surface area contributed by atoms with Gasteiger partial charge in [-0.15, -0.1) is 12.4 Å². The third-order valence-corrected chi connectivity index (χ3v) is 3.59. The SMILES string of the molecule is Cl.NCCCc1nn2cc(-c3ccccn3)nc2s1. The first-order chi connectivity index (χ1) is 8.86. The summed E-state index contributed by atoms with van der Waals surface area (Å²) in [6.07, 6.45) is 5.57. The first-order valence-electron chi connectivity index (χ1n) is 5.83. The van der Waals surface area contributed by atoms with Crippen molar-refractivity contribution in [2.24, 2.45) is 5.73 Å². The Morgan fingerprint density at radius 1 is 1.26 bits per heavy atom. The van der Waals surface area contributed by atoms with E-state index in [0.717, 1.165) is 34.2 Å². The quantitative estimate of drug-likeness (QED) is 0.801. The minimum Gasteiger partial charge on any atom is -0.330 e. The van der Waals surface area contributed by atoms with Crippen LogP contribution in [-0.4, -0.2) is 26.1 Å². The Morgan fingerprint density at radius 2 is 2.16 bits per heavy atom. The van der Waals surface area contributed by atoms with Crippen molar-refractivity contribution in [1.82, 2.24) is 19.6 Å². The highest BCUT2D eigenvalue weighted by atomic mass is 35.5. The summed E-state index contributed by atoms with van der Waals surface area (Å²) in [6.45, 7) is 0.696. The predicted octanol–water partition coefficient (Wildman–Crippen LogP) is 2.17. The lowest BCUT2D eigenvalue weighted by Crippen LogP contribution is -2.00. The van der Waals surface area contributed by atoms with Crippen LogP contribution in [0.1, 0.15) is 11.4 Å². The van der Waals surface area contributed by atoms with Gasteiger partial charge in [-0.1, -0.05) is 17.4 Å². The number of pyridine rings is 1. The van der Waals surface area contributed by atoms with Crippen LogP contribution >= 0.6 is 23.7 Å². The van der Waals surface area contributed by atoms with Gasteiger partial charge in [-0.3, -0.25) is 4.98 Å². The Morgan fingerprint density at radius 3 is 2.84 bits per heavy atom. The zero-order valence-corrected chi connectivity index (χ0v) is 11.8. The molecule has 0 aliphatic rings. The van der Waals surface area contributed by atoms with Crippen LogP contribution < -0.4 is 5.73 Å². The van der Waals surface area contributed by atoms with Gasteiger partial charge < -0.3 is 5.73 Å². The van der Waals surface area contributed by atoms with Crippen molar-refractivity contribution in [1.29, 1.82) is 0 Å². The smallest absolute Gasteiger partial charge is 0.212 e. The Hall–Kier alpha value is -1.50. The van der Waals surface area contributed by atoms with Crippen molar-refractivity contribution in [3.05, 3.63) is 35.6 Å². The lowest BCUT2D eigenvalue weighted by molar-refractivity contribution is 0.799. The summed E-state index contributed by atoms with van der Waals surface area (Å²) in [5, 5.41) is 5.56. The fourth-order valence-electron chi connectivity index (χ4n) is 1.73. The highest BCUT2D eigenvalue weighted by Crippen LogP contribution is 2.20. The van der Waals surface area contributed by atoms with Crippen molar-refractivity contribution in [2.45, 2.75) is 12.8 Å². The van der Waals surface area contributed by atoms with Crippen molar-refractivity contribution in [3.8, 4) is 11.4 Å². The minimum atomic E-state index is 0. The monoisotopic (exact) mass is 295 g/mol. The first kappa shape index (κ1) is 13.9. The molecule has 0 amide bonds. The Kier molecular flexibility index (Phi) is 4.47. The average molecular weight is 296 g/mol. The van der Waals surface area contributed by atoms with Crippen LogP contribution in [0.4, 0.5) is 0 Å². The van der Waals surface area contributed by atoms with Crippen LogP contribution in [0.3, 0.4) is 0 Å². The summed E-state index contributed by atoms with van der Waals surface area (Å²) in [5.41, 5.74) is 7.23. The van der Waals surface area contributed by atoms with Crippen LogP contribution in [-0.2, 0) is 6.42 Å². The summed E-state index contributed by atoms with van der Waals surface area (Å²) >= 11 is 1.61. The molecule has 3 aromatic heterocycles. The van der Waals surface area contributed by atoms with E-state index >= 15 is 0 Å². The second-order valence-electron chi connectivity index (χ2n) is 3.96. The van der Waals surface area contributed by atoms with E-state index in [4.69, 9.17) is 5.73 Å². The molecule has 0 spiro atoms. The summed E-state index contributed by atoms with van der Waals surface area (Å²) in [7, 11) is 0. The number of aromatic nitrogens is 4. The fourth-order valence-corrected chi connectivity index (χ4v) is 2.65. The molecule has 19 heavy (non-hydrogen) atoms. The van der Waals surface area contributed by atoms with Gasteiger partial charge >= 0.3 is 0 Å². The van der Waals surface area contributed by atoms with Gasteiger partial charge in [0.1, 0.15) is 10.7 Å². The molecule has 0 radical (unpaired) electrons. The number of halogens is 1. The van der Waals surface area contributed by atoms with E-state index in [-0.39, 0.29) is 12.4 Å². The van der Waals surface area contributed by atoms with Crippen molar-refractivity contribution in [2.75, 3.05) is 6.54 Å². The maximum absolute atomic E-state index is 5.49. The van der Waals surface area contributed by atoms with Crippen molar-refractivity contribution < 1.29 is 0 Å². The lowest BCUT2D eigenvalue weighted by Gasteiger charge is -1.92. The number of hydrogen-bond acceptors (Lipinski definition) is 5. The van der Waals surface area contributed by atoms with E-state index in [1.165, 1.54) is 0 Å². The van der Waals surface area contributed by atoms with Crippen LogP contribution in [0.15, 0.2) is 30.6 Å². The standard InChI is InChI=1S/C12H13N5S.ClH/c13-6-3-5-11-16-17-8-10(15-12(17)18-11)9-4-1-2-7-14-9;/h1-2,4,7-8H,3,5-6,13H2;1H. The van der Waals surface area contributed by atoms with E-state index in [1.54, 1.807) is 17.5 Å². The Balaban J connectivity index is 0.00000133. The number of hydrogen-bond donors (Lipinski definition) is 1. The third-order valence-electron chi connectivity index (χ3n) is 2.61. The number of rotatable bonds is 4. The van der Waals surface area contributed by atoms with Crippen LogP contribution in [0.25, 0.3) is 16.3 Å². The summed E-state index contributed by atoms with van der Waals surface area (Å²) in [5.74, 6) is 0. The normalized spacial score (nSPS) is 10.6. The molecule has 0 saturated carbocycles. The molecular formula is C12H14ClN5S. The molecule has 0 bridgehead atoms. The first-order valence-corrected chi connectivity index (χ1v) is 6.65. The van der Waals surface area contributed by atoms with Gasteiger partial charge in [0.05, 0.1) is 11.9 Å². The van der Waals surface area contributed by atoms with Crippen molar-refractivity contribution in [3.63, 3.8) is 0 Å². The maximum Gasteiger partial charge on any atom is 0.212 e. The molecule has 3 aromatic rings. The van der Waals surface area contributed by atoms with Gasteiger partial charge in [-0.05, 0) is 25.1 Å². The highest BCUT2D eigenvalue weighted by Gasteiger charge is 2.09. The van der Waals surface area contributed by atoms with Gasteiger partial charge in [-0.2, -0.15) is 5.10 Å². The number of fused-ring (bicyclic) bond motifs is 1. The molecule has 3 heterocycles. The van der Waals surface area contributed by atoms with E-state index in [1.807, 2.05) is 28.9 Å². The predicted molar refractivity (Wildman–Crippen MR) is 78.7 cm³/mol. The molecule has 7 heteroatoms. The molecule has 0 atom stereocenters. The average Bonchev–Trinajstić information content (AvgIpc) is 2.95. The molecule has 2 N–H and O–H groups in total. The van der Waals surface area contributed by atoms with Crippen molar-refractivity contribution >= 4 is 28.7 Å². The third kappa shape index (κ3) is 2.91. The highest BCUT2D eigenvalue weighted by molar-refractivity contribution is 7.16. The van der Waals surface area contributed by atoms with Gasteiger partial charge in [0.25, 0.3) is 0 Å². The van der Waals surface area contributed by atoms with E-state index in [9.17, 15) is 0 Å². The molecule has 100 valence electrons. The lowest BCUT2D eigenvalue weighted by atomic mass is 10.3. The topological polar surface area (TPSA) is 69.1 Å². The van der Waals surface area contributed by atoms with Gasteiger partial charge in [-0.25, -0.2) is 9.50 Å². The second kappa shape index (κ2) is 6.10. The largest absolute Gasteiger partial charge is 0.330 e. The zero-order chi connectivity index (χ0) is 12.4. The summed E-state index contributed by atoms with van der Waals surface area (Å²) in [4.78, 5) is 9.72. The fraction of sp³-hybridized carbons (Fsp3) is 0.250. The van der Waals surface area contributed by atoms with E-state index in [2.05, 4.69) is 15.1 Å². The number of aryl methyl sites for hydroxylation is 1. The zero-order valence-electron chi connectivity index (χ0n) is 10.2. The minimum absolute atomic E-state index is 0. The Bertz CT molecular complexity index is 617. The summed E-state index contributed by atoms with van der Waals surface area (Å²) < 4.78 is 1.82. The summed E-state index contributed by atoms with van der Waals surface area (Å²) in [6, 6.07) is 5.79. The molecule has 5 nitrogen and oxygen atoms in total. The molecular weight excluding hydrogens is 282 g/mol. The molecule has 0 fully saturated rings. The maximum atomic E-state index is 5.49. The molecule has 0 aliphatic heterocycles.